The van der Waals surface area contributed by atoms with Crippen LogP contribution in [-0.2, 0) is 4.79 Å². The normalized spacial score (nSPS) is 10.0. The van der Waals surface area contributed by atoms with Gasteiger partial charge in [0.05, 0.1) is 5.56 Å². The molecule has 0 aliphatic heterocycles. The Morgan fingerprint density at radius 1 is 1.18 bits per heavy atom. The van der Waals surface area contributed by atoms with Crippen molar-refractivity contribution in [1.82, 2.24) is 4.98 Å². The molecule has 1 amide bonds. The number of carbonyl (C=O) groups excluding carboxylic acids is 1. The van der Waals surface area contributed by atoms with E-state index in [-0.39, 0.29) is 17.9 Å². The summed E-state index contributed by atoms with van der Waals surface area (Å²) in [5.74, 6) is -1.25. The van der Waals surface area contributed by atoms with Gasteiger partial charge in [0.15, 0.2) is 0 Å². The summed E-state index contributed by atoms with van der Waals surface area (Å²) in [5, 5.41) is 15.0. The third-order valence-electron chi connectivity index (χ3n) is 2.80. The van der Waals surface area contributed by atoms with E-state index in [4.69, 9.17) is 16.7 Å². The van der Waals surface area contributed by atoms with Crippen LogP contribution >= 0.6 is 11.6 Å². The van der Waals surface area contributed by atoms with E-state index in [1.807, 2.05) is 0 Å². The third kappa shape index (κ3) is 4.75. The average molecular weight is 320 g/mol. The third-order valence-corrected chi connectivity index (χ3v) is 3.01. The smallest absolute Gasteiger partial charge is 0.335 e. The predicted octanol–water partition coefficient (Wildman–Crippen LogP) is 2.87. The van der Waals surface area contributed by atoms with E-state index in [1.165, 1.54) is 12.1 Å². The topological polar surface area (TPSA) is 91.3 Å². The zero-order valence-corrected chi connectivity index (χ0v) is 12.3. The molecule has 0 fully saturated rings. The Balaban J connectivity index is 1.83. The number of amides is 1. The van der Waals surface area contributed by atoms with Crippen LogP contribution in [0.25, 0.3) is 0 Å². The first-order chi connectivity index (χ1) is 10.5. The van der Waals surface area contributed by atoms with Gasteiger partial charge in [0.25, 0.3) is 0 Å². The number of hydrogen-bond donors (Lipinski definition) is 3. The highest BCUT2D eigenvalue weighted by molar-refractivity contribution is 6.29. The summed E-state index contributed by atoms with van der Waals surface area (Å²) in [6, 6.07) is 9.51. The van der Waals surface area contributed by atoms with Crippen LogP contribution in [0.15, 0.2) is 42.6 Å². The van der Waals surface area contributed by atoms with Crippen molar-refractivity contribution in [2.45, 2.75) is 6.42 Å². The van der Waals surface area contributed by atoms with Crippen LogP contribution in [-0.4, -0.2) is 28.5 Å². The molecule has 0 saturated carbocycles. The Morgan fingerprint density at radius 3 is 2.73 bits per heavy atom. The summed E-state index contributed by atoms with van der Waals surface area (Å²) < 4.78 is 0. The van der Waals surface area contributed by atoms with Crippen LogP contribution in [0, 0.1) is 0 Å². The Hall–Kier alpha value is -2.60. The molecule has 114 valence electrons. The lowest BCUT2D eigenvalue weighted by Gasteiger charge is -2.08. The quantitative estimate of drug-likeness (QED) is 0.712. The maximum absolute atomic E-state index is 11.8. The highest BCUT2D eigenvalue weighted by Crippen LogP contribution is 2.13. The number of carboxylic acids is 1. The lowest BCUT2D eigenvalue weighted by atomic mass is 10.2. The Morgan fingerprint density at radius 2 is 2.00 bits per heavy atom. The number of pyridine rings is 1. The van der Waals surface area contributed by atoms with Gasteiger partial charge in [-0.3, -0.25) is 4.79 Å². The minimum Gasteiger partial charge on any atom is -0.478 e. The number of halogens is 1. The molecule has 0 saturated heterocycles. The molecule has 0 aliphatic carbocycles. The first-order valence-electron chi connectivity index (χ1n) is 6.53. The van der Waals surface area contributed by atoms with Crippen LogP contribution in [0.2, 0.25) is 5.15 Å². The largest absolute Gasteiger partial charge is 0.478 e. The molecule has 1 aromatic carbocycles. The predicted molar refractivity (Wildman–Crippen MR) is 84.4 cm³/mol. The number of nitrogens with zero attached hydrogens (tertiary/aromatic N) is 1. The molecule has 1 heterocycles. The van der Waals surface area contributed by atoms with Gasteiger partial charge in [0.1, 0.15) is 5.15 Å². The van der Waals surface area contributed by atoms with E-state index < -0.39 is 5.97 Å². The maximum atomic E-state index is 11.8. The van der Waals surface area contributed by atoms with Crippen molar-refractivity contribution in [3.05, 3.63) is 53.3 Å². The number of nitrogens with one attached hydrogen (secondary N) is 2. The van der Waals surface area contributed by atoms with Crippen molar-refractivity contribution in [3.63, 3.8) is 0 Å². The van der Waals surface area contributed by atoms with E-state index >= 15 is 0 Å². The minimum atomic E-state index is -1.03. The van der Waals surface area contributed by atoms with Crippen molar-refractivity contribution in [2.24, 2.45) is 0 Å². The fourth-order valence-electron chi connectivity index (χ4n) is 1.79. The molecule has 6 nitrogen and oxygen atoms in total. The maximum Gasteiger partial charge on any atom is 0.335 e. The second-order valence-corrected chi connectivity index (χ2v) is 4.87. The van der Waals surface area contributed by atoms with Crippen molar-refractivity contribution in [1.29, 1.82) is 0 Å². The van der Waals surface area contributed by atoms with E-state index in [1.54, 1.807) is 30.5 Å². The number of hydrogen-bond acceptors (Lipinski definition) is 4. The highest BCUT2D eigenvalue weighted by atomic mass is 35.5. The average Bonchev–Trinajstić information content (AvgIpc) is 2.47. The molecular weight excluding hydrogens is 306 g/mol. The van der Waals surface area contributed by atoms with Crippen molar-refractivity contribution in [3.8, 4) is 0 Å². The molecule has 0 bridgehead atoms. The van der Waals surface area contributed by atoms with E-state index in [9.17, 15) is 9.59 Å². The molecule has 2 aromatic rings. The number of benzene rings is 1. The summed E-state index contributed by atoms with van der Waals surface area (Å²) in [5.41, 5.74) is 1.36. The molecule has 7 heteroatoms. The zero-order valence-electron chi connectivity index (χ0n) is 11.5. The van der Waals surface area contributed by atoms with Crippen molar-refractivity contribution >= 4 is 34.9 Å². The second kappa shape index (κ2) is 7.42. The van der Waals surface area contributed by atoms with Gasteiger partial charge in [-0.05, 0) is 30.3 Å². The number of carboxylic acid groups (broad SMARTS) is 1. The fraction of sp³-hybridized carbons (Fsp3) is 0.133. The highest BCUT2D eigenvalue weighted by Gasteiger charge is 2.06. The van der Waals surface area contributed by atoms with Gasteiger partial charge in [-0.2, -0.15) is 0 Å². The van der Waals surface area contributed by atoms with Gasteiger partial charge >= 0.3 is 5.97 Å². The van der Waals surface area contributed by atoms with Crippen molar-refractivity contribution < 1.29 is 14.7 Å². The molecule has 2 rings (SSSR count). The van der Waals surface area contributed by atoms with Crippen LogP contribution in [0.1, 0.15) is 16.8 Å². The van der Waals surface area contributed by atoms with Crippen LogP contribution < -0.4 is 10.6 Å². The van der Waals surface area contributed by atoms with Gasteiger partial charge in [0.2, 0.25) is 5.91 Å². The number of aromatic nitrogens is 1. The van der Waals surface area contributed by atoms with E-state index in [2.05, 4.69) is 15.6 Å². The van der Waals surface area contributed by atoms with Crippen LogP contribution in [0.3, 0.4) is 0 Å². The number of aromatic carboxylic acids is 1. The summed E-state index contributed by atoms with van der Waals surface area (Å²) in [4.78, 5) is 26.5. The molecule has 0 radical (unpaired) electrons. The Bertz CT molecular complexity index is 691. The Labute approximate surface area is 132 Å². The minimum absolute atomic E-state index is 0.127. The monoisotopic (exact) mass is 319 g/mol. The summed E-state index contributed by atoms with van der Waals surface area (Å²) in [7, 11) is 0. The van der Waals surface area contributed by atoms with E-state index in [0.29, 0.717) is 17.4 Å². The van der Waals surface area contributed by atoms with Gasteiger partial charge in [0, 0.05) is 30.5 Å². The van der Waals surface area contributed by atoms with Gasteiger partial charge < -0.3 is 15.7 Å². The Kier molecular flexibility index (Phi) is 5.32. The number of carbonyl (C=O) groups is 2. The first kappa shape index (κ1) is 15.8. The zero-order chi connectivity index (χ0) is 15.9. The molecule has 0 aliphatic rings. The molecular formula is C15H14ClN3O3. The van der Waals surface area contributed by atoms with Crippen LogP contribution in [0.4, 0.5) is 11.4 Å². The first-order valence-corrected chi connectivity index (χ1v) is 6.91. The van der Waals surface area contributed by atoms with Gasteiger partial charge in [-0.25, -0.2) is 9.78 Å². The van der Waals surface area contributed by atoms with Crippen LogP contribution in [0.5, 0.6) is 0 Å². The van der Waals surface area contributed by atoms with Crippen molar-refractivity contribution in [2.75, 3.05) is 17.2 Å². The summed E-state index contributed by atoms with van der Waals surface area (Å²) in [6.07, 6.45) is 1.80. The number of anilines is 2. The standard InChI is InChI=1S/C15H14ClN3O3/c16-13-9-11(4-6-18-13)17-7-5-14(20)19-12-3-1-2-10(8-12)15(21)22/h1-4,6,8-9H,5,7H2,(H,17,18)(H,19,20)(H,21,22). The summed E-state index contributed by atoms with van der Waals surface area (Å²) >= 11 is 5.76. The SMILES string of the molecule is O=C(CCNc1ccnc(Cl)c1)Nc1cccc(C(=O)O)c1. The summed E-state index contributed by atoms with van der Waals surface area (Å²) in [6.45, 7) is 0.421. The molecule has 0 atom stereocenters. The number of rotatable bonds is 6. The van der Waals surface area contributed by atoms with Gasteiger partial charge in [-0.1, -0.05) is 17.7 Å². The molecule has 3 N–H and O–H groups in total. The fourth-order valence-corrected chi connectivity index (χ4v) is 1.96. The molecule has 0 unspecified atom stereocenters. The lowest BCUT2D eigenvalue weighted by Crippen LogP contribution is -2.16. The molecule has 22 heavy (non-hydrogen) atoms. The molecule has 1 aromatic heterocycles. The lowest BCUT2D eigenvalue weighted by molar-refractivity contribution is -0.115. The van der Waals surface area contributed by atoms with Gasteiger partial charge in [-0.15, -0.1) is 0 Å². The van der Waals surface area contributed by atoms with E-state index in [0.717, 1.165) is 5.69 Å². The molecule has 0 spiro atoms. The second-order valence-electron chi connectivity index (χ2n) is 4.48.